The number of aliphatic carboxylic acids is 1. The molecule has 0 bridgehead atoms. The van der Waals surface area contributed by atoms with E-state index in [1.54, 1.807) is 11.1 Å². The Bertz CT molecular complexity index is 417. The summed E-state index contributed by atoms with van der Waals surface area (Å²) in [6, 6.07) is 0.00888. The van der Waals surface area contributed by atoms with Gasteiger partial charge >= 0.3 is 12.0 Å². The van der Waals surface area contributed by atoms with Gasteiger partial charge in [-0.3, -0.25) is 4.79 Å². The van der Waals surface area contributed by atoms with Crippen LogP contribution in [0.5, 0.6) is 0 Å². The fourth-order valence-electron chi connectivity index (χ4n) is 1.65. The van der Waals surface area contributed by atoms with E-state index in [4.69, 9.17) is 5.11 Å². The molecule has 2 amide bonds. The zero-order valence-electron chi connectivity index (χ0n) is 9.83. The van der Waals surface area contributed by atoms with Gasteiger partial charge in [-0.1, -0.05) is 0 Å². The van der Waals surface area contributed by atoms with Crippen LogP contribution >= 0.6 is 11.3 Å². The van der Waals surface area contributed by atoms with Crippen LogP contribution in [0, 0.1) is 0 Å². The fourth-order valence-corrected chi connectivity index (χ4v) is 2.20. The first-order valence-corrected chi connectivity index (χ1v) is 6.69. The normalized spacial score (nSPS) is 14.2. The molecule has 0 atom stereocenters. The van der Waals surface area contributed by atoms with Crippen molar-refractivity contribution < 1.29 is 14.7 Å². The summed E-state index contributed by atoms with van der Waals surface area (Å²) in [7, 11) is 0. The lowest BCUT2D eigenvalue weighted by Gasteiger charge is -2.21. The molecule has 6 nitrogen and oxygen atoms in total. The Hall–Kier alpha value is -1.63. The first-order chi connectivity index (χ1) is 8.66. The molecule has 0 unspecified atom stereocenters. The summed E-state index contributed by atoms with van der Waals surface area (Å²) in [6.45, 7) is 0.663. The highest BCUT2D eigenvalue weighted by atomic mass is 32.1. The minimum absolute atomic E-state index is 0.0127. The Balaban J connectivity index is 1.81. The van der Waals surface area contributed by atoms with E-state index in [0.717, 1.165) is 17.8 Å². The van der Waals surface area contributed by atoms with E-state index >= 15 is 0 Å². The molecule has 1 aromatic heterocycles. The SMILES string of the molecule is O=C(O)CCN(C(=O)NCc1nccs1)C1CC1. The molecule has 18 heavy (non-hydrogen) atoms. The zero-order valence-corrected chi connectivity index (χ0v) is 10.7. The van der Waals surface area contributed by atoms with Crippen molar-refractivity contribution in [2.24, 2.45) is 0 Å². The summed E-state index contributed by atoms with van der Waals surface area (Å²) in [6.07, 6.45) is 3.60. The molecule has 98 valence electrons. The average Bonchev–Trinajstić information content (AvgIpc) is 3.03. The van der Waals surface area contributed by atoms with Gasteiger partial charge in [-0.05, 0) is 12.8 Å². The van der Waals surface area contributed by atoms with Crippen LogP contribution < -0.4 is 5.32 Å². The summed E-state index contributed by atoms with van der Waals surface area (Å²) in [4.78, 5) is 28.2. The topological polar surface area (TPSA) is 82.5 Å². The van der Waals surface area contributed by atoms with Crippen LogP contribution in [0.15, 0.2) is 11.6 Å². The molecule has 1 aliphatic rings. The minimum atomic E-state index is -0.881. The number of thiazole rings is 1. The largest absolute Gasteiger partial charge is 0.481 e. The van der Waals surface area contributed by atoms with E-state index in [1.165, 1.54) is 11.3 Å². The molecule has 0 spiro atoms. The molecule has 1 heterocycles. The van der Waals surface area contributed by atoms with Crippen LogP contribution in [0.25, 0.3) is 0 Å². The second-order valence-corrected chi connectivity index (χ2v) is 5.13. The van der Waals surface area contributed by atoms with E-state index in [2.05, 4.69) is 10.3 Å². The van der Waals surface area contributed by atoms with Gasteiger partial charge in [-0.2, -0.15) is 0 Å². The highest BCUT2D eigenvalue weighted by Crippen LogP contribution is 2.27. The summed E-state index contributed by atoms with van der Waals surface area (Å²) in [5.74, 6) is -0.881. The van der Waals surface area contributed by atoms with Gasteiger partial charge in [0.2, 0.25) is 0 Å². The maximum Gasteiger partial charge on any atom is 0.318 e. The van der Waals surface area contributed by atoms with Gasteiger partial charge in [0.05, 0.1) is 13.0 Å². The molecule has 1 aromatic rings. The van der Waals surface area contributed by atoms with Crippen molar-refractivity contribution in [1.82, 2.24) is 15.2 Å². The molecule has 1 saturated carbocycles. The number of carbonyl (C=O) groups is 2. The van der Waals surface area contributed by atoms with Crippen molar-refractivity contribution in [1.29, 1.82) is 0 Å². The fraction of sp³-hybridized carbons (Fsp3) is 0.545. The van der Waals surface area contributed by atoms with Crippen molar-refractivity contribution in [3.05, 3.63) is 16.6 Å². The van der Waals surface area contributed by atoms with Crippen molar-refractivity contribution in [2.75, 3.05) is 6.54 Å². The molecule has 2 rings (SSSR count). The molecule has 1 aliphatic carbocycles. The van der Waals surface area contributed by atoms with E-state index in [-0.39, 0.29) is 25.0 Å². The number of urea groups is 1. The maximum atomic E-state index is 11.9. The van der Waals surface area contributed by atoms with Gasteiger partial charge in [-0.15, -0.1) is 11.3 Å². The standard InChI is InChI=1S/C11H15N3O3S/c15-10(16)3-5-14(8-1-2-8)11(17)13-7-9-12-4-6-18-9/h4,6,8H,1-3,5,7H2,(H,13,17)(H,15,16). The second-order valence-electron chi connectivity index (χ2n) is 4.15. The molecule has 0 aromatic carbocycles. The lowest BCUT2D eigenvalue weighted by atomic mass is 10.4. The molecule has 0 saturated heterocycles. The molecule has 0 radical (unpaired) electrons. The maximum absolute atomic E-state index is 11.9. The van der Waals surface area contributed by atoms with Crippen molar-refractivity contribution in [3.8, 4) is 0 Å². The number of aromatic nitrogens is 1. The number of nitrogens with zero attached hydrogens (tertiary/aromatic N) is 2. The van der Waals surface area contributed by atoms with Gasteiger partial charge in [0, 0.05) is 24.2 Å². The molecular weight excluding hydrogens is 254 g/mol. The predicted octanol–water partition coefficient (Wildman–Crippen LogP) is 1.29. The molecule has 2 N–H and O–H groups in total. The number of hydrogen-bond donors (Lipinski definition) is 2. The monoisotopic (exact) mass is 269 g/mol. The Morgan fingerprint density at radius 2 is 2.33 bits per heavy atom. The quantitative estimate of drug-likeness (QED) is 0.815. The molecule has 0 aliphatic heterocycles. The molecule has 7 heteroatoms. The van der Waals surface area contributed by atoms with Crippen LogP contribution in [0.1, 0.15) is 24.3 Å². The number of nitrogens with one attached hydrogen (secondary N) is 1. The third-order valence-electron chi connectivity index (χ3n) is 2.69. The zero-order chi connectivity index (χ0) is 13.0. The van der Waals surface area contributed by atoms with Crippen LogP contribution in [-0.4, -0.2) is 39.6 Å². The first-order valence-electron chi connectivity index (χ1n) is 5.81. The third-order valence-corrected chi connectivity index (χ3v) is 3.47. The van der Waals surface area contributed by atoms with Gasteiger partial charge in [0.15, 0.2) is 0 Å². The van der Waals surface area contributed by atoms with Crippen molar-refractivity contribution in [3.63, 3.8) is 0 Å². The molecular formula is C11H15N3O3S. The lowest BCUT2D eigenvalue weighted by molar-refractivity contribution is -0.137. The number of carbonyl (C=O) groups excluding carboxylic acids is 1. The predicted molar refractivity (Wildman–Crippen MR) is 66.3 cm³/mol. The smallest absolute Gasteiger partial charge is 0.318 e. The third kappa shape index (κ3) is 3.69. The minimum Gasteiger partial charge on any atom is -0.481 e. The van der Waals surface area contributed by atoms with Crippen LogP contribution in [0.4, 0.5) is 4.79 Å². The Kier molecular flexibility index (Phi) is 4.14. The van der Waals surface area contributed by atoms with Crippen molar-refractivity contribution >= 4 is 23.3 Å². The number of amides is 2. The Morgan fingerprint density at radius 3 is 2.89 bits per heavy atom. The number of rotatable bonds is 6. The number of hydrogen-bond acceptors (Lipinski definition) is 4. The van der Waals surface area contributed by atoms with Crippen LogP contribution in [0.3, 0.4) is 0 Å². The Labute approximate surface area is 109 Å². The summed E-state index contributed by atoms with van der Waals surface area (Å²) < 4.78 is 0. The van der Waals surface area contributed by atoms with Gasteiger partial charge in [0.1, 0.15) is 5.01 Å². The number of carboxylic acid groups (broad SMARTS) is 1. The molecule has 1 fully saturated rings. The van der Waals surface area contributed by atoms with Crippen LogP contribution in [-0.2, 0) is 11.3 Å². The first kappa shape index (κ1) is 12.8. The van der Waals surface area contributed by atoms with Gasteiger partial charge in [0.25, 0.3) is 0 Å². The van der Waals surface area contributed by atoms with E-state index in [1.807, 2.05) is 5.38 Å². The summed E-state index contributed by atoms with van der Waals surface area (Å²) in [5.41, 5.74) is 0. The highest BCUT2D eigenvalue weighted by Gasteiger charge is 2.32. The van der Waals surface area contributed by atoms with E-state index in [0.29, 0.717) is 6.54 Å². The van der Waals surface area contributed by atoms with Gasteiger partial charge < -0.3 is 15.3 Å². The second kappa shape index (κ2) is 5.81. The van der Waals surface area contributed by atoms with E-state index in [9.17, 15) is 9.59 Å². The average molecular weight is 269 g/mol. The highest BCUT2D eigenvalue weighted by molar-refractivity contribution is 7.09. The van der Waals surface area contributed by atoms with E-state index < -0.39 is 5.97 Å². The van der Waals surface area contributed by atoms with Crippen molar-refractivity contribution in [2.45, 2.75) is 31.8 Å². The lowest BCUT2D eigenvalue weighted by Crippen LogP contribution is -2.42. The summed E-state index contributed by atoms with van der Waals surface area (Å²) >= 11 is 1.48. The number of carboxylic acids is 1. The van der Waals surface area contributed by atoms with Crippen LogP contribution in [0.2, 0.25) is 0 Å². The Morgan fingerprint density at radius 1 is 1.56 bits per heavy atom. The van der Waals surface area contributed by atoms with Gasteiger partial charge in [-0.25, -0.2) is 9.78 Å². The summed E-state index contributed by atoms with van der Waals surface area (Å²) in [5, 5.41) is 14.1.